The van der Waals surface area contributed by atoms with Gasteiger partial charge in [-0.25, -0.2) is 0 Å². The second-order valence-electron chi connectivity index (χ2n) is 3.86. The highest BCUT2D eigenvalue weighted by Gasteiger charge is 2.29. The van der Waals surface area contributed by atoms with E-state index >= 15 is 0 Å². The number of rotatable bonds is 6. The van der Waals surface area contributed by atoms with Crippen LogP contribution in [0, 0.1) is 5.92 Å². The molecule has 0 radical (unpaired) electrons. The molecule has 1 rings (SSSR count). The summed E-state index contributed by atoms with van der Waals surface area (Å²) in [6.45, 7) is 5.14. The van der Waals surface area contributed by atoms with Crippen LogP contribution in [0.25, 0.3) is 0 Å². The third kappa shape index (κ3) is 4.01. The molecule has 4 nitrogen and oxygen atoms in total. The van der Waals surface area contributed by atoms with Crippen molar-refractivity contribution in [1.29, 1.82) is 0 Å². The van der Waals surface area contributed by atoms with Crippen LogP contribution >= 0.6 is 0 Å². The zero-order valence-electron chi connectivity index (χ0n) is 9.08. The average molecular weight is 212 g/mol. The SMILES string of the molecule is C=CCOCCNC(=O)C1CCCC1N. The zero-order valence-corrected chi connectivity index (χ0v) is 9.08. The van der Waals surface area contributed by atoms with Crippen LogP contribution < -0.4 is 11.1 Å². The van der Waals surface area contributed by atoms with Gasteiger partial charge < -0.3 is 15.8 Å². The normalized spacial score (nSPS) is 25.1. The van der Waals surface area contributed by atoms with E-state index in [2.05, 4.69) is 11.9 Å². The molecule has 3 N–H and O–H groups in total. The first kappa shape index (κ1) is 12.2. The lowest BCUT2D eigenvalue weighted by molar-refractivity contribution is -0.125. The molecule has 0 aromatic rings. The van der Waals surface area contributed by atoms with E-state index in [0.29, 0.717) is 19.8 Å². The fourth-order valence-corrected chi connectivity index (χ4v) is 1.86. The van der Waals surface area contributed by atoms with Gasteiger partial charge in [-0.05, 0) is 12.8 Å². The van der Waals surface area contributed by atoms with Crippen LogP contribution in [0.5, 0.6) is 0 Å². The van der Waals surface area contributed by atoms with Crippen molar-refractivity contribution in [2.45, 2.75) is 25.3 Å². The molecular formula is C11H20N2O2. The number of hydrogen-bond acceptors (Lipinski definition) is 3. The van der Waals surface area contributed by atoms with Gasteiger partial charge in [0.25, 0.3) is 0 Å². The molecule has 0 bridgehead atoms. The third-order valence-electron chi connectivity index (χ3n) is 2.69. The lowest BCUT2D eigenvalue weighted by Gasteiger charge is -2.14. The highest BCUT2D eigenvalue weighted by atomic mass is 16.5. The first-order chi connectivity index (χ1) is 7.25. The number of carbonyl (C=O) groups excluding carboxylic acids is 1. The first-order valence-electron chi connectivity index (χ1n) is 5.47. The highest BCUT2D eigenvalue weighted by molar-refractivity contribution is 5.79. The third-order valence-corrected chi connectivity index (χ3v) is 2.69. The van der Waals surface area contributed by atoms with E-state index in [-0.39, 0.29) is 17.9 Å². The van der Waals surface area contributed by atoms with Gasteiger partial charge in [0, 0.05) is 12.6 Å². The van der Waals surface area contributed by atoms with Crippen molar-refractivity contribution in [1.82, 2.24) is 5.32 Å². The molecule has 0 spiro atoms. The number of carbonyl (C=O) groups is 1. The predicted molar refractivity (Wildman–Crippen MR) is 59.3 cm³/mol. The van der Waals surface area contributed by atoms with Gasteiger partial charge in [0.15, 0.2) is 0 Å². The van der Waals surface area contributed by atoms with Crippen molar-refractivity contribution in [3.63, 3.8) is 0 Å². The van der Waals surface area contributed by atoms with Crippen LogP contribution in [0.15, 0.2) is 12.7 Å². The molecule has 0 aliphatic heterocycles. The van der Waals surface area contributed by atoms with Crippen molar-refractivity contribution >= 4 is 5.91 Å². The minimum Gasteiger partial charge on any atom is -0.376 e. The molecule has 1 saturated carbocycles. The van der Waals surface area contributed by atoms with Crippen LogP contribution in [-0.2, 0) is 9.53 Å². The molecule has 1 fully saturated rings. The maximum Gasteiger partial charge on any atom is 0.224 e. The topological polar surface area (TPSA) is 64.3 Å². The molecule has 2 unspecified atom stereocenters. The van der Waals surface area contributed by atoms with Crippen LogP contribution in [0.3, 0.4) is 0 Å². The maximum absolute atomic E-state index is 11.6. The fourth-order valence-electron chi connectivity index (χ4n) is 1.86. The summed E-state index contributed by atoms with van der Waals surface area (Å²) in [5.41, 5.74) is 5.83. The van der Waals surface area contributed by atoms with Crippen molar-refractivity contribution in [2.24, 2.45) is 11.7 Å². The van der Waals surface area contributed by atoms with Gasteiger partial charge in [-0.1, -0.05) is 12.5 Å². The van der Waals surface area contributed by atoms with Crippen molar-refractivity contribution in [3.05, 3.63) is 12.7 Å². The summed E-state index contributed by atoms with van der Waals surface area (Å²) in [6, 6.07) is 0.0408. The first-order valence-corrected chi connectivity index (χ1v) is 5.47. The minimum absolute atomic E-state index is 0.00408. The molecule has 0 saturated heterocycles. The lowest BCUT2D eigenvalue weighted by Crippen LogP contribution is -2.39. The Morgan fingerprint density at radius 1 is 1.60 bits per heavy atom. The summed E-state index contributed by atoms with van der Waals surface area (Å²) < 4.78 is 5.16. The smallest absolute Gasteiger partial charge is 0.224 e. The molecule has 2 atom stereocenters. The number of ether oxygens (including phenoxy) is 1. The monoisotopic (exact) mass is 212 g/mol. The number of nitrogens with two attached hydrogens (primary N) is 1. The standard InChI is InChI=1S/C11H20N2O2/c1-2-7-15-8-6-13-11(14)9-4-3-5-10(9)12/h2,9-10H,1,3-8,12H2,(H,13,14). The zero-order chi connectivity index (χ0) is 11.1. The van der Waals surface area contributed by atoms with Crippen molar-refractivity contribution < 1.29 is 9.53 Å². The van der Waals surface area contributed by atoms with E-state index in [9.17, 15) is 4.79 Å². The van der Waals surface area contributed by atoms with Crippen LogP contribution in [0.1, 0.15) is 19.3 Å². The quantitative estimate of drug-likeness (QED) is 0.496. The van der Waals surface area contributed by atoms with E-state index in [0.717, 1.165) is 19.3 Å². The molecule has 0 aromatic heterocycles. The fraction of sp³-hybridized carbons (Fsp3) is 0.727. The summed E-state index contributed by atoms with van der Waals surface area (Å²) in [7, 11) is 0. The summed E-state index contributed by atoms with van der Waals surface area (Å²) >= 11 is 0. The molecule has 15 heavy (non-hydrogen) atoms. The Balaban J connectivity index is 2.10. The molecule has 1 amide bonds. The second kappa shape index (κ2) is 6.58. The van der Waals surface area contributed by atoms with E-state index in [1.54, 1.807) is 6.08 Å². The van der Waals surface area contributed by atoms with Gasteiger partial charge >= 0.3 is 0 Å². The van der Waals surface area contributed by atoms with Gasteiger partial charge in [0.2, 0.25) is 5.91 Å². The summed E-state index contributed by atoms with van der Waals surface area (Å²) in [4.78, 5) is 11.6. The van der Waals surface area contributed by atoms with E-state index in [1.807, 2.05) is 0 Å². The summed E-state index contributed by atoms with van der Waals surface area (Å²) in [5.74, 6) is 0.0756. The Labute approximate surface area is 90.9 Å². The Hall–Kier alpha value is -0.870. The Morgan fingerprint density at radius 3 is 3.00 bits per heavy atom. The predicted octanol–water partition coefficient (Wildman–Crippen LogP) is 0.433. The van der Waals surface area contributed by atoms with Gasteiger partial charge in [-0.2, -0.15) is 0 Å². The van der Waals surface area contributed by atoms with Crippen LogP contribution in [0.4, 0.5) is 0 Å². The van der Waals surface area contributed by atoms with Crippen LogP contribution in [-0.4, -0.2) is 31.7 Å². The number of hydrogen-bond donors (Lipinski definition) is 2. The van der Waals surface area contributed by atoms with E-state index in [4.69, 9.17) is 10.5 Å². The number of amides is 1. The molecule has 86 valence electrons. The summed E-state index contributed by atoms with van der Waals surface area (Å²) in [6.07, 6.45) is 4.63. The van der Waals surface area contributed by atoms with Gasteiger partial charge in [0.1, 0.15) is 0 Å². The van der Waals surface area contributed by atoms with E-state index in [1.165, 1.54) is 0 Å². The minimum atomic E-state index is 0.00408. The van der Waals surface area contributed by atoms with Gasteiger partial charge in [0.05, 0.1) is 19.1 Å². The maximum atomic E-state index is 11.6. The molecule has 4 heteroatoms. The largest absolute Gasteiger partial charge is 0.376 e. The number of nitrogens with one attached hydrogen (secondary N) is 1. The van der Waals surface area contributed by atoms with Crippen molar-refractivity contribution in [3.8, 4) is 0 Å². The lowest BCUT2D eigenvalue weighted by atomic mass is 10.0. The van der Waals surface area contributed by atoms with Gasteiger partial charge in [-0.15, -0.1) is 6.58 Å². The Bertz CT molecular complexity index is 219. The molecular weight excluding hydrogens is 192 g/mol. The second-order valence-corrected chi connectivity index (χ2v) is 3.86. The molecule has 1 aliphatic carbocycles. The molecule has 1 aliphatic rings. The Morgan fingerprint density at radius 2 is 2.40 bits per heavy atom. The Kier molecular flexibility index (Phi) is 5.36. The van der Waals surface area contributed by atoms with Gasteiger partial charge in [-0.3, -0.25) is 4.79 Å². The average Bonchev–Trinajstić information content (AvgIpc) is 2.64. The van der Waals surface area contributed by atoms with E-state index < -0.39 is 0 Å². The van der Waals surface area contributed by atoms with Crippen LogP contribution in [0.2, 0.25) is 0 Å². The summed E-state index contributed by atoms with van der Waals surface area (Å²) in [5, 5.41) is 2.84. The molecule has 0 aromatic carbocycles. The highest BCUT2D eigenvalue weighted by Crippen LogP contribution is 2.23. The van der Waals surface area contributed by atoms with Crippen molar-refractivity contribution in [2.75, 3.05) is 19.8 Å². The molecule has 0 heterocycles.